The number of nitrogens with zero attached hydrogens (tertiary/aromatic N) is 1. The Morgan fingerprint density at radius 1 is 1.25 bits per heavy atom. The van der Waals surface area contributed by atoms with E-state index >= 15 is 0 Å². The van der Waals surface area contributed by atoms with Crippen LogP contribution < -0.4 is 15.5 Å². The predicted molar refractivity (Wildman–Crippen MR) is 138 cm³/mol. The third kappa shape index (κ3) is 4.48. The van der Waals surface area contributed by atoms with Crippen LogP contribution >= 0.6 is 11.3 Å². The maximum Gasteiger partial charge on any atom is 0.407 e. The van der Waals surface area contributed by atoms with E-state index in [1.54, 1.807) is 24.5 Å². The van der Waals surface area contributed by atoms with Crippen LogP contribution in [-0.2, 0) is 11.2 Å². The first-order valence-electron chi connectivity index (χ1n) is 12.3. The van der Waals surface area contributed by atoms with Gasteiger partial charge in [-0.2, -0.15) is 0 Å². The number of fused-ring (bicyclic) bond motifs is 2. The molecule has 0 aliphatic heterocycles. The molecule has 2 aliphatic rings. The van der Waals surface area contributed by atoms with E-state index in [0.717, 1.165) is 48.1 Å². The van der Waals surface area contributed by atoms with Crippen LogP contribution in [0.4, 0.5) is 4.79 Å². The topological polar surface area (TPSA) is 107 Å². The van der Waals surface area contributed by atoms with Crippen LogP contribution in [0.2, 0.25) is 0 Å². The Labute approximate surface area is 212 Å². The number of carboxylic acid groups (broad SMARTS) is 1. The second kappa shape index (κ2) is 9.61. The lowest BCUT2D eigenvalue weighted by molar-refractivity contribution is 0.0694. The first-order chi connectivity index (χ1) is 17.3. The third-order valence-electron chi connectivity index (χ3n) is 6.74. The number of aryl methyl sites for hydroxylation is 1. The lowest BCUT2D eigenvalue weighted by Crippen LogP contribution is -2.31. The number of hydrogen-bond acceptors (Lipinski definition) is 6. The molecule has 1 amide bonds. The van der Waals surface area contributed by atoms with Crippen molar-refractivity contribution in [2.45, 2.75) is 58.0 Å². The quantitative estimate of drug-likeness (QED) is 0.433. The van der Waals surface area contributed by atoms with Crippen molar-refractivity contribution >= 4 is 34.3 Å². The first-order valence-corrected chi connectivity index (χ1v) is 13.2. The zero-order valence-electron chi connectivity index (χ0n) is 20.6. The molecule has 5 rings (SSSR count). The van der Waals surface area contributed by atoms with Crippen LogP contribution in [-0.4, -0.2) is 35.5 Å². The molecular weight excluding hydrogens is 480 g/mol. The van der Waals surface area contributed by atoms with Gasteiger partial charge in [0, 0.05) is 27.6 Å². The Morgan fingerprint density at radius 3 is 2.69 bits per heavy atom. The van der Waals surface area contributed by atoms with Gasteiger partial charge >= 0.3 is 12.1 Å². The van der Waals surface area contributed by atoms with Gasteiger partial charge in [-0.3, -0.25) is 4.79 Å². The minimum absolute atomic E-state index is 0.118. The number of carbonyl (C=O) groups excluding carboxylic acids is 1. The van der Waals surface area contributed by atoms with Crippen LogP contribution in [0, 0.1) is 5.92 Å². The van der Waals surface area contributed by atoms with Gasteiger partial charge in [-0.15, -0.1) is 11.3 Å². The molecule has 2 aliphatic carbocycles. The standard InChI is InChI=1S/C27H30N2O6S/c1-14(2)13-35-27(33)28-20-5-4-6-21-18(20)11-22(36-21)16-9-10-17-23(25(16)34-3)29(15-7-8-15)12-19(24(17)30)26(31)32/h9-12,14-15,20H,4-8,13H2,1-3H3,(H,28,33)(H,31,32). The highest BCUT2D eigenvalue weighted by Crippen LogP contribution is 2.46. The zero-order chi connectivity index (χ0) is 25.6. The maximum absolute atomic E-state index is 13.0. The Kier molecular flexibility index (Phi) is 6.51. The normalized spacial score (nSPS) is 17.2. The van der Waals surface area contributed by atoms with Gasteiger partial charge < -0.3 is 24.5 Å². The van der Waals surface area contributed by atoms with E-state index in [9.17, 15) is 19.5 Å². The number of benzene rings is 1. The predicted octanol–water partition coefficient (Wildman–Crippen LogP) is 5.53. The van der Waals surface area contributed by atoms with Crippen LogP contribution in [0.3, 0.4) is 0 Å². The van der Waals surface area contributed by atoms with Crippen molar-refractivity contribution in [3.05, 3.63) is 50.6 Å². The largest absolute Gasteiger partial charge is 0.494 e. The van der Waals surface area contributed by atoms with Crippen molar-refractivity contribution in [2.75, 3.05) is 13.7 Å². The molecule has 1 atom stereocenters. The highest BCUT2D eigenvalue weighted by Gasteiger charge is 2.30. The molecule has 0 saturated heterocycles. The lowest BCUT2D eigenvalue weighted by atomic mass is 9.93. The Hall–Kier alpha value is -3.33. The van der Waals surface area contributed by atoms with Gasteiger partial charge in [-0.25, -0.2) is 9.59 Å². The average molecular weight is 511 g/mol. The molecule has 2 aromatic heterocycles. The molecule has 1 unspecified atom stereocenters. The molecule has 2 N–H and O–H groups in total. The molecule has 9 heteroatoms. The number of rotatable bonds is 7. The fourth-order valence-electron chi connectivity index (χ4n) is 4.88. The van der Waals surface area contributed by atoms with Crippen molar-refractivity contribution in [1.29, 1.82) is 0 Å². The molecule has 1 saturated carbocycles. The number of nitrogens with one attached hydrogen (secondary N) is 1. The van der Waals surface area contributed by atoms with Crippen molar-refractivity contribution in [1.82, 2.24) is 9.88 Å². The number of methoxy groups -OCH3 is 1. The van der Waals surface area contributed by atoms with E-state index in [1.807, 2.05) is 24.5 Å². The number of pyridine rings is 1. The molecule has 36 heavy (non-hydrogen) atoms. The van der Waals surface area contributed by atoms with Gasteiger partial charge in [-0.05, 0) is 61.8 Å². The molecule has 1 fully saturated rings. The summed E-state index contributed by atoms with van der Waals surface area (Å²) in [7, 11) is 1.58. The summed E-state index contributed by atoms with van der Waals surface area (Å²) in [5.41, 5.74) is 1.84. The van der Waals surface area contributed by atoms with Crippen LogP contribution in [0.1, 0.15) is 72.4 Å². The van der Waals surface area contributed by atoms with E-state index in [4.69, 9.17) is 9.47 Å². The van der Waals surface area contributed by atoms with Gasteiger partial charge in [0.05, 0.1) is 30.7 Å². The summed E-state index contributed by atoms with van der Waals surface area (Å²) < 4.78 is 13.1. The van der Waals surface area contributed by atoms with E-state index in [1.165, 1.54) is 11.1 Å². The smallest absolute Gasteiger partial charge is 0.407 e. The molecule has 3 aromatic rings. The lowest BCUT2D eigenvalue weighted by Gasteiger charge is -2.23. The second-order valence-corrected chi connectivity index (χ2v) is 11.1. The number of carbonyl (C=O) groups is 2. The SMILES string of the molecule is COc1c(-c2cc3c(s2)CCCC3NC(=O)OCC(C)C)ccc2c(=O)c(C(=O)O)cn(C3CC3)c12. The second-order valence-electron chi connectivity index (χ2n) is 9.93. The van der Waals surface area contributed by atoms with Gasteiger partial charge in [0.25, 0.3) is 0 Å². The Bertz CT molecular complexity index is 1400. The fourth-order valence-corrected chi connectivity index (χ4v) is 6.16. The summed E-state index contributed by atoms with van der Waals surface area (Å²) in [6, 6.07) is 5.67. The summed E-state index contributed by atoms with van der Waals surface area (Å²) in [4.78, 5) is 39.2. The van der Waals surface area contributed by atoms with Crippen molar-refractivity contribution in [2.24, 2.45) is 5.92 Å². The van der Waals surface area contributed by atoms with Gasteiger partial charge in [-0.1, -0.05) is 13.8 Å². The number of alkyl carbamates (subject to hydrolysis) is 1. The summed E-state index contributed by atoms with van der Waals surface area (Å²) in [6.45, 7) is 4.37. The van der Waals surface area contributed by atoms with Crippen LogP contribution in [0.15, 0.2) is 29.2 Å². The van der Waals surface area contributed by atoms with Crippen LogP contribution in [0.5, 0.6) is 5.75 Å². The minimum atomic E-state index is -1.23. The Balaban J connectivity index is 1.57. The summed E-state index contributed by atoms with van der Waals surface area (Å²) >= 11 is 1.66. The average Bonchev–Trinajstić information content (AvgIpc) is 3.60. The number of aromatic nitrogens is 1. The maximum atomic E-state index is 13.0. The molecule has 0 bridgehead atoms. The van der Waals surface area contributed by atoms with Gasteiger partial charge in [0.15, 0.2) is 5.75 Å². The minimum Gasteiger partial charge on any atom is -0.494 e. The molecule has 0 radical (unpaired) electrons. The number of amides is 1. The number of thiophene rings is 1. The van der Waals surface area contributed by atoms with Gasteiger partial charge in [0.2, 0.25) is 5.43 Å². The number of ether oxygens (including phenoxy) is 2. The fraction of sp³-hybridized carbons (Fsp3) is 0.444. The van der Waals surface area contributed by atoms with Crippen molar-refractivity contribution in [3.8, 4) is 16.2 Å². The van der Waals surface area contributed by atoms with Crippen LogP contribution in [0.25, 0.3) is 21.3 Å². The monoisotopic (exact) mass is 510 g/mol. The zero-order valence-corrected chi connectivity index (χ0v) is 21.4. The molecule has 2 heterocycles. The highest BCUT2D eigenvalue weighted by molar-refractivity contribution is 7.15. The number of hydrogen-bond donors (Lipinski definition) is 2. The molecule has 0 spiro atoms. The summed E-state index contributed by atoms with van der Waals surface area (Å²) in [6.07, 6.45) is 5.66. The molecule has 1 aromatic carbocycles. The highest BCUT2D eigenvalue weighted by atomic mass is 32.1. The summed E-state index contributed by atoms with van der Waals surface area (Å²) in [5, 5.41) is 12.9. The van der Waals surface area contributed by atoms with E-state index in [0.29, 0.717) is 23.3 Å². The van der Waals surface area contributed by atoms with Gasteiger partial charge in [0.1, 0.15) is 5.56 Å². The number of aromatic carboxylic acids is 1. The molecule has 190 valence electrons. The van der Waals surface area contributed by atoms with E-state index in [-0.39, 0.29) is 23.6 Å². The Morgan fingerprint density at radius 2 is 2.03 bits per heavy atom. The first kappa shape index (κ1) is 24.4. The third-order valence-corrected chi connectivity index (χ3v) is 7.98. The van der Waals surface area contributed by atoms with Crippen molar-refractivity contribution in [3.63, 3.8) is 0 Å². The summed E-state index contributed by atoms with van der Waals surface area (Å²) in [5.74, 6) is -0.394. The molecule has 8 nitrogen and oxygen atoms in total. The van der Waals surface area contributed by atoms with E-state index < -0.39 is 17.5 Å². The number of carboxylic acids is 1. The van der Waals surface area contributed by atoms with Crippen molar-refractivity contribution < 1.29 is 24.2 Å². The van der Waals surface area contributed by atoms with E-state index in [2.05, 4.69) is 11.4 Å². The molecular formula is C27H30N2O6S.